The van der Waals surface area contributed by atoms with E-state index in [9.17, 15) is 0 Å². The van der Waals surface area contributed by atoms with E-state index in [-0.39, 0.29) is 0 Å². The molecule has 0 saturated carbocycles. The summed E-state index contributed by atoms with van der Waals surface area (Å²) in [5.74, 6) is 2.91. The van der Waals surface area contributed by atoms with Gasteiger partial charge in [0.1, 0.15) is 17.2 Å². The number of dihydropyridines is 1. The van der Waals surface area contributed by atoms with Gasteiger partial charge in [0.15, 0.2) is 5.88 Å². The van der Waals surface area contributed by atoms with Gasteiger partial charge in [0.05, 0.1) is 5.69 Å². The molecular formula is C32H27N3O2. The Labute approximate surface area is 216 Å². The van der Waals surface area contributed by atoms with Crippen LogP contribution in [0.5, 0.6) is 17.2 Å². The van der Waals surface area contributed by atoms with Gasteiger partial charge in [-0.15, -0.1) is 0 Å². The van der Waals surface area contributed by atoms with Crippen LogP contribution in [0.25, 0.3) is 16.7 Å². The summed E-state index contributed by atoms with van der Waals surface area (Å²) in [4.78, 5) is 0. The van der Waals surface area contributed by atoms with E-state index >= 15 is 0 Å². The SMILES string of the molecule is C1=CCNC(Oc2cccc(Oc3cccc(N4C=C(c5ccc(-c6ccccc6)cc5)CN4)c3)c2)=C1. The maximum absolute atomic E-state index is 6.17. The fourth-order valence-electron chi connectivity index (χ4n) is 4.34. The lowest BCUT2D eigenvalue weighted by molar-refractivity contribution is 0.381. The molecule has 37 heavy (non-hydrogen) atoms. The zero-order valence-corrected chi connectivity index (χ0v) is 20.3. The van der Waals surface area contributed by atoms with Gasteiger partial charge in [-0.2, -0.15) is 0 Å². The summed E-state index contributed by atoms with van der Waals surface area (Å²) in [7, 11) is 0. The van der Waals surface area contributed by atoms with Crippen molar-refractivity contribution in [2.45, 2.75) is 0 Å². The van der Waals surface area contributed by atoms with E-state index in [0.29, 0.717) is 5.75 Å². The number of nitrogens with one attached hydrogen (secondary N) is 2. The largest absolute Gasteiger partial charge is 0.457 e. The average Bonchev–Trinajstić information content (AvgIpc) is 3.45. The lowest BCUT2D eigenvalue weighted by Crippen LogP contribution is -2.28. The van der Waals surface area contributed by atoms with Crippen LogP contribution >= 0.6 is 0 Å². The number of benzene rings is 4. The van der Waals surface area contributed by atoms with Gasteiger partial charge in [-0.05, 0) is 52.6 Å². The summed E-state index contributed by atoms with van der Waals surface area (Å²) in [5.41, 5.74) is 9.35. The minimum absolute atomic E-state index is 0.714. The number of hydrogen-bond acceptors (Lipinski definition) is 5. The first-order valence-corrected chi connectivity index (χ1v) is 12.4. The highest BCUT2D eigenvalue weighted by Crippen LogP contribution is 2.31. The maximum Gasteiger partial charge on any atom is 0.193 e. The summed E-state index contributed by atoms with van der Waals surface area (Å²) in [6.07, 6.45) is 8.06. The van der Waals surface area contributed by atoms with Crippen LogP contribution in [0, 0.1) is 0 Å². The molecule has 0 aromatic heterocycles. The Bertz CT molecular complexity index is 1470. The van der Waals surface area contributed by atoms with Gasteiger partial charge in [0.2, 0.25) is 0 Å². The summed E-state index contributed by atoms with van der Waals surface area (Å²) in [6, 6.07) is 34.9. The second kappa shape index (κ2) is 10.5. The maximum atomic E-state index is 6.17. The van der Waals surface area contributed by atoms with Crippen LogP contribution in [0.2, 0.25) is 0 Å². The number of allylic oxidation sites excluding steroid dienone is 2. The van der Waals surface area contributed by atoms with Crippen molar-refractivity contribution >= 4 is 11.3 Å². The summed E-state index contributed by atoms with van der Waals surface area (Å²) < 4.78 is 12.1. The van der Waals surface area contributed by atoms with Crippen LogP contribution in [-0.2, 0) is 0 Å². The van der Waals surface area contributed by atoms with Gasteiger partial charge in [-0.1, -0.05) is 78.9 Å². The number of ether oxygens (including phenoxy) is 2. The second-order valence-corrected chi connectivity index (χ2v) is 8.82. The fraction of sp³-hybridized carbons (Fsp3) is 0.0625. The topological polar surface area (TPSA) is 45.8 Å². The molecule has 5 nitrogen and oxygen atoms in total. The van der Waals surface area contributed by atoms with Crippen molar-refractivity contribution in [3.63, 3.8) is 0 Å². The van der Waals surface area contributed by atoms with Crippen molar-refractivity contribution in [1.29, 1.82) is 0 Å². The molecule has 2 aliphatic heterocycles. The Morgan fingerprint density at radius 2 is 1.35 bits per heavy atom. The van der Waals surface area contributed by atoms with Crippen LogP contribution in [0.15, 0.2) is 133 Å². The second-order valence-electron chi connectivity index (χ2n) is 8.82. The van der Waals surface area contributed by atoms with Crippen LogP contribution in [0.3, 0.4) is 0 Å². The van der Waals surface area contributed by atoms with E-state index < -0.39 is 0 Å². The van der Waals surface area contributed by atoms with E-state index in [0.717, 1.165) is 36.2 Å². The van der Waals surface area contributed by atoms with Crippen LogP contribution in [-0.4, -0.2) is 13.1 Å². The van der Waals surface area contributed by atoms with Gasteiger partial charge in [0.25, 0.3) is 0 Å². The first-order chi connectivity index (χ1) is 18.3. The standard InChI is InChI=1S/C32H27N3O2/c1-2-8-24(9-3-1)25-15-17-26(18-16-25)27-22-34-35(23-27)28-10-6-11-29(20-28)36-30-12-7-13-31(21-30)37-32-14-4-5-19-33-32/h1-18,20-21,23,33-34H,19,22H2. The Kier molecular flexibility index (Phi) is 6.43. The fourth-order valence-corrected chi connectivity index (χ4v) is 4.34. The first kappa shape index (κ1) is 22.7. The highest BCUT2D eigenvalue weighted by atomic mass is 16.5. The Hall–Kier alpha value is -4.74. The predicted molar refractivity (Wildman–Crippen MR) is 149 cm³/mol. The molecule has 182 valence electrons. The van der Waals surface area contributed by atoms with Gasteiger partial charge in [-0.25, -0.2) is 5.43 Å². The minimum atomic E-state index is 0.714. The van der Waals surface area contributed by atoms with Gasteiger partial charge < -0.3 is 14.8 Å². The van der Waals surface area contributed by atoms with Gasteiger partial charge in [-0.3, -0.25) is 5.01 Å². The summed E-state index contributed by atoms with van der Waals surface area (Å²) in [5, 5.41) is 5.24. The van der Waals surface area contributed by atoms with Crippen molar-refractivity contribution in [1.82, 2.24) is 10.7 Å². The minimum Gasteiger partial charge on any atom is -0.457 e. The molecule has 2 heterocycles. The van der Waals surface area contributed by atoms with E-state index in [1.54, 1.807) is 0 Å². The van der Waals surface area contributed by atoms with E-state index in [1.165, 1.54) is 22.3 Å². The number of rotatable bonds is 7. The van der Waals surface area contributed by atoms with E-state index in [1.807, 2.05) is 71.8 Å². The molecule has 0 spiro atoms. The summed E-state index contributed by atoms with van der Waals surface area (Å²) >= 11 is 0. The van der Waals surface area contributed by atoms with Crippen LogP contribution in [0.1, 0.15) is 5.56 Å². The molecule has 4 aromatic rings. The van der Waals surface area contributed by atoms with Gasteiger partial charge in [0, 0.05) is 31.4 Å². The number of hydrazine groups is 1. The molecule has 0 atom stereocenters. The lowest BCUT2D eigenvalue weighted by Gasteiger charge is -2.17. The van der Waals surface area contributed by atoms with E-state index in [4.69, 9.17) is 9.47 Å². The van der Waals surface area contributed by atoms with Crippen molar-refractivity contribution in [2.75, 3.05) is 18.1 Å². The first-order valence-electron chi connectivity index (χ1n) is 12.4. The highest BCUT2D eigenvalue weighted by molar-refractivity contribution is 5.75. The van der Waals surface area contributed by atoms with E-state index in [2.05, 4.69) is 71.5 Å². The zero-order chi connectivity index (χ0) is 24.9. The van der Waals surface area contributed by atoms with Crippen LogP contribution in [0.4, 0.5) is 5.69 Å². The number of anilines is 1. The molecule has 6 rings (SSSR count). The third kappa shape index (κ3) is 5.42. The summed E-state index contributed by atoms with van der Waals surface area (Å²) in [6.45, 7) is 1.52. The molecule has 0 radical (unpaired) electrons. The van der Waals surface area contributed by atoms with Gasteiger partial charge >= 0.3 is 0 Å². The normalized spacial score (nSPS) is 14.5. The molecular weight excluding hydrogens is 458 g/mol. The molecule has 2 N–H and O–H groups in total. The molecule has 0 amide bonds. The lowest BCUT2D eigenvalue weighted by atomic mass is 10.0. The molecule has 0 bridgehead atoms. The molecule has 0 unspecified atom stereocenters. The van der Waals surface area contributed by atoms with Crippen molar-refractivity contribution in [3.8, 4) is 28.4 Å². The quantitative estimate of drug-likeness (QED) is 0.298. The molecule has 2 aliphatic rings. The van der Waals surface area contributed by atoms with Crippen molar-refractivity contribution in [3.05, 3.63) is 139 Å². The average molecular weight is 486 g/mol. The Morgan fingerprint density at radius 1 is 0.649 bits per heavy atom. The molecule has 0 aliphatic carbocycles. The predicted octanol–water partition coefficient (Wildman–Crippen LogP) is 6.89. The molecule has 4 aromatic carbocycles. The Balaban J connectivity index is 1.14. The number of hydrogen-bond donors (Lipinski definition) is 2. The smallest absolute Gasteiger partial charge is 0.193 e. The third-order valence-corrected chi connectivity index (χ3v) is 6.23. The monoisotopic (exact) mass is 485 g/mol. The molecule has 0 fully saturated rings. The third-order valence-electron chi connectivity index (χ3n) is 6.23. The van der Waals surface area contributed by atoms with Crippen LogP contribution < -0.4 is 25.2 Å². The highest BCUT2D eigenvalue weighted by Gasteiger charge is 2.16. The van der Waals surface area contributed by atoms with Crippen molar-refractivity contribution < 1.29 is 9.47 Å². The van der Waals surface area contributed by atoms with Crippen molar-refractivity contribution in [2.24, 2.45) is 0 Å². The molecule has 5 heteroatoms. The Morgan fingerprint density at radius 3 is 2.14 bits per heavy atom. The zero-order valence-electron chi connectivity index (χ0n) is 20.3. The number of nitrogens with zero attached hydrogens (tertiary/aromatic N) is 1. The molecule has 0 saturated heterocycles.